The number of nitrogens with one attached hydrogen (secondary N) is 1. The summed E-state index contributed by atoms with van der Waals surface area (Å²) in [5, 5.41) is 11.1. The number of aliphatic imine (C=N–C) groups is 1. The number of amidine groups is 1. The SMILES string of the molecule is NC(=Nc1ccc(CF)cc1)c1nonc1CNCCN1CCOCC1. The van der Waals surface area contributed by atoms with Crippen LogP contribution < -0.4 is 11.1 Å². The highest BCUT2D eigenvalue weighted by Gasteiger charge is 2.14. The number of alkyl halides is 1. The normalized spacial score (nSPS) is 16.1. The van der Waals surface area contributed by atoms with Crippen molar-refractivity contribution in [1.82, 2.24) is 20.5 Å². The van der Waals surface area contributed by atoms with Gasteiger partial charge in [-0.25, -0.2) is 14.0 Å². The minimum absolute atomic E-state index is 0.212. The lowest BCUT2D eigenvalue weighted by Gasteiger charge is -2.26. The van der Waals surface area contributed by atoms with E-state index in [4.69, 9.17) is 15.1 Å². The summed E-state index contributed by atoms with van der Waals surface area (Å²) in [5.74, 6) is 0.212. The summed E-state index contributed by atoms with van der Waals surface area (Å²) in [7, 11) is 0. The number of nitrogens with zero attached hydrogens (tertiary/aromatic N) is 4. The molecule has 9 heteroatoms. The number of rotatable bonds is 8. The average Bonchev–Trinajstić information content (AvgIpc) is 3.15. The predicted molar refractivity (Wildman–Crippen MR) is 94.9 cm³/mol. The lowest BCUT2D eigenvalue weighted by molar-refractivity contribution is 0.0384. The van der Waals surface area contributed by atoms with Crippen molar-refractivity contribution in [2.24, 2.45) is 10.7 Å². The smallest absolute Gasteiger partial charge is 0.174 e. The van der Waals surface area contributed by atoms with Crippen LogP contribution in [0.5, 0.6) is 0 Å². The zero-order valence-corrected chi connectivity index (χ0v) is 14.5. The number of morpholine rings is 1. The molecule has 1 aromatic carbocycles. The number of halogens is 1. The summed E-state index contributed by atoms with van der Waals surface area (Å²) in [5.41, 5.74) is 8.26. The van der Waals surface area contributed by atoms with E-state index in [0.717, 1.165) is 39.4 Å². The van der Waals surface area contributed by atoms with Gasteiger partial charge in [0.15, 0.2) is 11.5 Å². The molecule has 0 radical (unpaired) electrons. The molecule has 0 unspecified atom stereocenters. The van der Waals surface area contributed by atoms with Gasteiger partial charge in [0, 0.05) is 32.7 Å². The maximum Gasteiger partial charge on any atom is 0.174 e. The van der Waals surface area contributed by atoms with E-state index in [1.54, 1.807) is 24.3 Å². The number of aromatic nitrogens is 2. The first-order chi connectivity index (χ1) is 12.8. The number of hydrogen-bond donors (Lipinski definition) is 2. The Balaban J connectivity index is 1.53. The number of benzene rings is 1. The molecule has 0 saturated carbocycles. The van der Waals surface area contributed by atoms with Crippen LogP contribution in [0.15, 0.2) is 33.9 Å². The lowest BCUT2D eigenvalue weighted by atomic mass is 10.2. The summed E-state index contributed by atoms with van der Waals surface area (Å²) in [6, 6.07) is 6.74. The average molecular weight is 362 g/mol. The van der Waals surface area contributed by atoms with Crippen LogP contribution in [0.1, 0.15) is 17.0 Å². The molecule has 0 atom stereocenters. The highest BCUT2D eigenvalue weighted by atomic mass is 19.1. The van der Waals surface area contributed by atoms with Crippen molar-refractivity contribution in [3.8, 4) is 0 Å². The second-order valence-corrected chi connectivity index (χ2v) is 5.99. The molecule has 140 valence electrons. The van der Waals surface area contributed by atoms with E-state index in [9.17, 15) is 4.39 Å². The highest BCUT2D eigenvalue weighted by Crippen LogP contribution is 2.15. The zero-order chi connectivity index (χ0) is 18.2. The molecule has 0 amide bonds. The number of hydrogen-bond acceptors (Lipinski definition) is 7. The first-order valence-corrected chi connectivity index (χ1v) is 8.58. The Bertz CT molecular complexity index is 712. The third kappa shape index (κ3) is 5.07. The molecule has 3 N–H and O–H groups in total. The summed E-state index contributed by atoms with van der Waals surface area (Å²) in [6.45, 7) is 5.22. The van der Waals surface area contributed by atoms with Gasteiger partial charge in [-0.05, 0) is 22.9 Å². The molecular formula is C17H23FN6O2. The molecule has 26 heavy (non-hydrogen) atoms. The van der Waals surface area contributed by atoms with Crippen molar-refractivity contribution >= 4 is 11.5 Å². The summed E-state index contributed by atoms with van der Waals surface area (Å²) in [6.07, 6.45) is 0. The Hall–Kier alpha value is -2.36. The van der Waals surface area contributed by atoms with E-state index in [1.807, 2.05) is 0 Å². The van der Waals surface area contributed by atoms with E-state index in [0.29, 0.717) is 29.2 Å². The van der Waals surface area contributed by atoms with E-state index in [2.05, 4.69) is 25.5 Å². The van der Waals surface area contributed by atoms with Crippen molar-refractivity contribution in [3.05, 3.63) is 41.2 Å². The zero-order valence-electron chi connectivity index (χ0n) is 14.5. The molecule has 0 aliphatic carbocycles. The Morgan fingerprint density at radius 1 is 1.23 bits per heavy atom. The highest BCUT2D eigenvalue weighted by molar-refractivity contribution is 5.98. The quantitative estimate of drug-likeness (QED) is 0.410. The van der Waals surface area contributed by atoms with Crippen molar-refractivity contribution in [2.45, 2.75) is 13.2 Å². The van der Waals surface area contributed by atoms with Crippen LogP contribution in [-0.2, 0) is 18.0 Å². The van der Waals surface area contributed by atoms with Crippen LogP contribution in [0.2, 0.25) is 0 Å². The van der Waals surface area contributed by atoms with Gasteiger partial charge >= 0.3 is 0 Å². The first kappa shape index (κ1) is 18.4. The number of nitrogens with two attached hydrogens (primary N) is 1. The minimum atomic E-state index is -0.507. The molecule has 2 heterocycles. The van der Waals surface area contributed by atoms with Gasteiger partial charge < -0.3 is 15.8 Å². The van der Waals surface area contributed by atoms with Crippen molar-refractivity contribution in [3.63, 3.8) is 0 Å². The van der Waals surface area contributed by atoms with Crippen LogP contribution in [0.25, 0.3) is 0 Å². The lowest BCUT2D eigenvalue weighted by Crippen LogP contribution is -2.40. The molecule has 0 spiro atoms. The maximum absolute atomic E-state index is 12.6. The van der Waals surface area contributed by atoms with Crippen molar-refractivity contribution < 1.29 is 13.8 Å². The fourth-order valence-corrected chi connectivity index (χ4v) is 2.64. The van der Waals surface area contributed by atoms with Crippen LogP contribution >= 0.6 is 0 Å². The van der Waals surface area contributed by atoms with Crippen molar-refractivity contribution in [2.75, 3.05) is 39.4 Å². The molecule has 1 aliphatic rings. The van der Waals surface area contributed by atoms with Gasteiger partial charge in [0.1, 0.15) is 12.4 Å². The second kappa shape index (κ2) is 9.37. The largest absolute Gasteiger partial charge is 0.382 e. The van der Waals surface area contributed by atoms with Gasteiger partial charge in [0.05, 0.1) is 18.9 Å². The van der Waals surface area contributed by atoms with Gasteiger partial charge in [-0.3, -0.25) is 4.90 Å². The monoisotopic (exact) mass is 362 g/mol. The van der Waals surface area contributed by atoms with Crippen LogP contribution in [0.3, 0.4) is 0 Å². The Morgan fingerprint density at radius 2 is 2.00 bits per heavy atom. The molecule has 2 aromatic rings. The van der Waals surface area contributed by atoms with Gasteiger partial charge in [-0.2, -0.15) is 0 Å². The van der Waals surface area contributed by atoms with E-state index >= 15 is 0 Å². The molecule has 1 saturated heterocycles. The standard InChI is InChI=1S/C17H23FN6O2/c18-11-13-1-3-14(4-2-13)21-17(19)16-15(22-26-23-16)12-20-5-6-24-7-9-25-10-8-24/h1-4,20H,5-12H2,(H2,19,21). The van der Waals surface area contributed by atoms with Gasteiger partial charge in [0.2, 0.25) is 0 Å². The summed E-state index contributed by atoms with van der Waals surface area (Å²) >= 11 is 0. The van der Waals surface area contributed by atoms with Gasteiger partial charge in [-0.1, -0.05) is 17.3 Å². The fourth-order valence-electron chi connectivity index (χ4n) is 2.64. The second-order valence-electron chi connectivity index (χ2n) is 5.99. The molecule has 1 aliphatic heterocycles. The molecule has 1 aromatic heterocycles. The van der Waals surface area contributed by atoms with E-state index in [1.165, 1.54) is 0 Å². The first-order valence-electron chi connectivity index (χ1n) is 8.58. The fraction of sp³-hybridized carbons (Fsp3) is 0.471. The molecule has 0 bridgehead atoms. The van der Waals surface area contributed by atoms with Crippen LogP contribution in [0, 0.1) is 0 Å². The van der Waals surface area contributed by atoms with E-state index < -0.39 is 6.67 Å². The van der Waals surface area contributed by atoms with Gasteiger partial charge in [0.25, 0.3) is 0 Å². The van der Waals surface area contributed by atoms with Gasteiger partial charge in [-0.15, -0.1) is 0 Å². The molecular weight excluding hydrogens is 339 g/mol. The predicted octanol–water partition coefficient (Wildman–Crippen LogP) is 0.998. The number of ether oxygens (including phenoxy) is 1. The Labute approximate surface area is 151 Å². The van der Waals surface area contributed by atoms with E-state index in [-0.39, 0.29) is 5.84 Å². The third-order valence-corrected chi connectivity index (χ3v) is 4.14. The molecule has 3 rings (SSSR count). The molecule has 8 nitrogen and oxygen atoms in total. The maximum atomic E-state index is 12.6. The third-order valence-electron chi connectivity index (χ3n) is 4.14. The van der Waals surface area contributed by atoms with Crippen molar-refractivity contribution in [1.29, 1.82) is 0 Å². The minimum Gasteiger partial charge on any atom is -0.382 e. The summed E-state index contributed by atoms with van der Waals surface area (Å²) in [4.78, 5) is 6.64. The summed E-state index contributed by atoms with van der Waals surface area (Å²) < 4.78 is 22.7. The Kier molecular flexibility index (Phi) is 6.64. The molecule has 1 fully saturated rings. The topological polar surface area (TPSA) is 102 Å². The van der Waals surface area contributed by atoms with Crippen LogP contribution in [0.4, 0.5) is 10.1 Å². The Morgan fingerprint density at radius 3 is 2.73 bits per heavy atom. The van der Waals surface area contributed by atoms with Crippen LogP contribution in [-0.4, -0.2) is 60.4 Å².